The molecule has 0 aromatic heterocycles. The van der Waals surface area contributed by atoms with Crippen molar-refractivity contribution >= 4 is 35.8 Å². The minimum atomic E-state index is 0. The van der Waals surface area contributed by atoms with E-state index in [0.717, 1.165) is 76.0 Å². The van der Waals surface area contributed by atoms with E-state index in [0.29, 0.717) is 19.0 Å². The number of carbonyl (C=O) groups is 1. The van der Waals surface area contributed by atoms with Gasteiger partial charge in [-0.15, -0.1) is 24.0 Å². The number of hydrogen-bond acceptors (Lipinski definition) is 5. The van der Waals surface area contributed by atoms with Gasteiger partial charge < -0.3 is 25.0 Å². The van der Waals surface area contributed by atoms with Crippen LogP contribution in [-0.4, -0.2) is 81.2 Å². The summed E-state index contributed by atoms with van der Waals surface area (Å²) in [6.07, 6.45) is 3.78. The Morgan fingerprint density at radius 2 is 1.81 bits per heavy atom. The average molecular weight is 559 g/mol. The fourth-order valence-electron chi connectivity index (χ4n) is 4.21. The fourth-order valence-corrected chi connectivity index (χ4v) is 4.21. The smallest absolute Gasteiger partial charge is 0.224 e. The second-order valence-electron chi connectivity index (χ2n) is 8.18. The second-order valence-corrected chi connectivity index (χ2v) is 8.18. The number of carbonyl (C=O) groups excluding carboxylic acids is 1. The van der Waals surface area contributed by atoms with Crippen molar-refractivity contribution in [3.05, 3.63) is 23.8 Å². The van der Waals surface area contributed by atoms with Gasteiger partial charge in [0.25, 0.3) is 0 Å². The van der Waals surface area contributed by atoms with Crippen LogP contribution in [0.1, 0.15) is 38.2 Å². The summed E-state index contributed by atoms with van der Waals surface area (Å²) in [5, 5.41) is 6.85. The van der Waals surface area contributed by atoms with Gasteiger partial charge in [0.2, 0.25) is 5.91 Å². The quantitative estimate of drug-likeness (QED) is 0.275. The van der Waals surface area contributed by atoms with Crippen molar-refractivity contribution < 1.29 is 14.3 Å². The van der Waals surface area contributed by atoms with E-state index < -0.39 is 0 Å². The minimum Gasteiger partial charge on any atom is -0.497 e. The molecular weight excluding hydrogens is 521 g/mol. The van der Waals surface area contributed by atoms with Crippen LogP contribution in [0.4, 0.5) is 0 Å². The molecule has 9 heteroatoms. The van der Waals surface area contributed by atoms with E-state index in [4.69, 9.17) is 9.47 Å². The summed E-state index contributed by atoms with van der Waals surface area (Å²) < 4.78 is 10.8. The maximum atomic E-state index is 12.2. The Balaban J connectivity index is 0.00000363. The molecule has 1 atom stereocenters. The molecule has 2 saturated heterocycles. The van der Waals surface area contributed by atoms with Crippen molar-refractivity contribution in [2.45, 2.75) is 45.2 Å². The van der Waals surface area contributed by atoms with Gasteiger partial charge in [-0.1, -0.05) is 0 Å². The van der Waals surface area contributed by atoms with Crippen LogP contribution < -0.4 is 20.1 Å². The molecule has 8 nitrogen and oxygen atoms in total. The second kappa shape index (κ2) is 13.7. The van der Waals surface area contributed by atoms with Gasteiger partial charge in [0.15, 0.2) is 5.96 Å². The van der Waals surface area contributed by atoms with Crippen molar-refractivity contribution in [3.8, 4) is 11.5 Å². The molecule has 2 heterocycles. The van der Waals surface area contributed by atoms with Crippen molar-refractivity contribution in [3.63, 3.8) is 0 Å². The summed E-state index contributed by atoms with van der Waals surface area (Å²) in [5.41, 5.74) is 1.18. The van der Waals surface area contributed by atoms with E-state index in [2.05, 4.69) is 39.6 Å². The number of aliphatic imine (C=N–C) groups is 1. The normalized spacial score (nSPS) is 18.9. The molecule has 180 valence electrons. The minimum absolute atomic E-state index is 0. The van der Waals surface area contributed by atoms with Gasteiger partial charge >= 0.3 is 0 Å². The molecule has 0 bridgehead atoms. The number of rotatable bonds is 9. The number of guanidine groups is 1. The summed E-state index contributed by atoms with van der Waals surface area (Å²) in [7, 11) is 3.35. The lowest BCUT2D eigenvalue weighted by atomic mass is 10.2. The Hall–Kier alpha value is -1.75. The Bertz CT molecular complexity index is 733. The van der Waals surface area contributed by atoms with Crippen LogP contribution >= 0.6 is 24.0 Å². The van der Waals surface area contributed by atoms with Crippen molar-refractivity contribution in [2.24, 2.45) is 4.99 Å². The zero-order valence-corrected chi connectivity index (χ0v) is 21.9. The lowest BCUT2D eigenvalue weighted by molar-refractivity contribution is -0.129. The number of amides is 1. The first-order valence-electron chi connectivity index (χ1n) is 11.4. The summed E-state index contributed by atoms with van der Waals surface area (Å²) in [6, 6.07) is 6.35. The standard InChI is InChI=1S/C23H37N5O3.HI/c1-4-24-23(25-9-7-22(29)28-10-5-6-11-28)26-19-8-12-27(17-19)16-18-13-20(30-2)15-21(14-18)31-3;/h13-15,19H,4-12,16-17H2,1-3H3,(H2,24,25,26);1H. The number of nitrogens with zero attached hydrogens (tertiary/aromatic N) is 3. The number of methoxy groups -OCH3 is 2. The highest BCUT2D eigenvalue weighted by Gasteiger charge is 2.24. The molecule has 1 unspecified atom stereocenters. The number of likely N-dealkylation sites (tertiary alicyclic amines) is 2. The molecule has 32 heavy (non-hydrogen) atoms. The molecule has 2 N–H and O–H groups in total. The van der Waals surface area contributed by atoms with Crippen LogP contribution in [0.25, 0.3) is 0 Å². The molecule has 0 spiro atoms. The Labute approximate surface area is 209 Å². The van der Waals surface area contributed by atoms with Crippen LogP contribution in [0.15, 0.2) is 23.2 Å². The Morgan fingerprint density at radius 3 is 2.44 bits per heavy atom. The van der Waals surface area contributed by atoms with Gasteiger partial charge in [0.1, 0.15) is 11.5 Å². The first kappa shape index (κ1) is 26.5. The maximum absolute atomic E-state index is 12.2. The third-order valence-corrected chi connectivity index (χ3v) is 5.83. The third kappa shape index (κ3) is 7.99. The van der Waals surface area contributed by atoms with Crippen LogP contribution in [-0.2, 0) is 11.3 Å². The molecule has 0 aliphatic carbocycles. The third-order valence-electron chi connectivity index (χ3n) is 5.83. The summed E-state index contributed by atoms with van der Waals surface area (Å²) >= 11 is 0. The van der Waals surface area contributed by atoms with Crippen LogP contribution in [0.3, 0.4) is 0 Å². The van der Waals surface area contributed by atoms with Crippen molar-refractivity contribution in [1.29, 1.82) is 0 Å². The zero-order chi connectivity index (χ0) is 22.1. The van der Waals surface area contributed by atoms with E-state index in [-0.39, 0.29) is 29.9 Å². The number of benzene rings is 1. The molecule has 2 fully saturated rings. The monoisotopic (exact) mass is 559 g/mol. The van der Waals surface area contributed by atoms with Crippen molar-refractivity contribution in [2.75, 3.05) is 53.5 Å². The molecule has 1 aromatic rings. The fraction of sp³-hybridized carbons (Fsp3) is 0.652. The van der Waals surface area contributed by atoms with E-state index in [1.807, 2.05) is 11.0 Å². The highest BCUT2D eigenvalue weighted by molar-refractivity contribution is 14.0. The SMILES string of the molecule is CCNC(=NCCC(=O)N1CCCC1)NC1CCN(Cc2cc(OC)cc(OC)c2)C1.I. The molecular formula is C23H38IN5O3. The maximum Gasteiger partial charge on any atom is 0.224 e. The summed E-state index contributed by atoms with van der Waals surface area (Å²) in [4.78, 5) is 21.2. The van der Waals surface area contributed by atoms with Crippen LogP contribution in [0.2, 0.25) is 0 Å². The van der Waals surface area contributed by atoms with Gasteiger partial charge in [-0.05, 0) is 43.9 Å². The molecule has 2 aliphatic rings. The lowest BCUT2D eigenvalue weighted by Gasteiger charge is -2.19. The van der Waals surface area contributed by atoms with Gasteiger partial charge in [-0.25, -0.2) is 0 Å². The van der Waals surface area contributed by atoms with E-state index in [1.54, 1.807) is 14.2 Å². The largest absolute Gasteiger partial charge is 0.497 e. The average Bonchev–Trinajstić information content (AvgIpc) is 3.46. The molecule has 2 aliphatic heterocycles. The summed E-state index contributed by atoms with van der Waals surface area (Å²) in [6.45, 7) is 7.99. The van der Waals surface area contributed by atoms with E-state index in [1.165, 1.54) is 5.56 Å². The number of nitrogens with one attached hydrogen (secondary N) is 2. The predicted octanol–water partition coefficient (Wildman–Crippen LogP) is 2.46. The molecule has 0 saturated carbocycles. The molecule has 1 aromatic carbocycles. The van der Waals surface area contributed by atoms with Crippen LogP contribution in [0.5, 0.6) is 11.5 Å². The van der Waals surface area contributed by atoms with Gasteiger partial charge in [-0.3, -0.25) is 14.7 Å². The highest BCUT2D eigenvalue weighted by Crippen LogP contribution is 2.24. The van der Waals surface area contributed by atoms with Crippen molar-refractivity contribution in [1.82, 2.24) is 20.4 Å². The van der Waals surface area contributed by atoms with Gasteiger partial charge in [0, 0.05) is 57.8 Å². The molecule has 1 amide bonds. The Kier molecular flexibility index (Phi) is 11.4. The predicted molar refractivity (Wildman–Crippen MR) is 138 cm³/mol. The Morgan fingerprint density at radius 1 is 1.12 bits per heavy atom. The number of halogens is 1. The molecule has 0 radical (unpaired) electrons. The van der Waals surface area contributed by atoms with Gasteiger partial charge in [0.05, 0.1) is 20.8 Å². The first-order chi connectivity index (χ1) is 15.1. The van der Waals surface area contributed by atoms with Crippen LogP contribution in [0, 0.1) is 0 Å². The topological polar surface area (TPSA) is 78.4 Å². The number of ether oxygens (including phenoxy) is 2. The summed E-state index contributed by atoms with van der Waals surface area (Å²) in [5.74, 6) is 2.64. The highest BCUT2D eigenvalue weighted by atomic mass is 127. The molecule has 3 rings (SSSR count). The van der Waals surface area contributed by atoms with E-state index >= 15 is 0 Å². The lowest BCUT2D eigenvalue weighted by Crippen LogP contribution is -2.44. The van der Waals surface area contributed by atoms with E-state index in [9.17, 15) is 4.79 Å². The zero-order valence-electron chi connectivity index (χ0n) is 19.6. The first-order valence-corrected chi connectivity index (χ1v) is 11.4. The van der Waals surface area contributed by atoms with Gasteiger partial charge in [-0.2, -0.15) is 0 Å². The number of hydrogen-bond donors (Lipinski definition) is 2.